The summed E-state index contributed by atoms with van der Waals surface area (Å²) < 4.78 is 0. The van der Waals surface area contributed by atoms with Gasteiger partial charge in [0.25, 0.3) is 0 Å². The molecule has 1 aliphatic heterocycles. The average molecular weight is 345 g/mol. The molecule has 2 atom stereocenters. The maximum atomic E-state index is 12.9. The van der Waals surface area contributed by atoms with E-state index >= 15 is 0 Å². The minimum Gasteiger partial charge on any atom is -0.357 e. The molecule has 2 N–H and O–H groups in total. The van der Waals surface area contributed by atoms with Crippen molar-refractivity contribution in [3.63, 3.8) is 0 Å². The minimum atomic E-state index is 0.150. The lowest BCUT2D eigenvalue weighted by molar-refractivity contribution is -0.137. The summed E-state index contributed by atoms with van der Waals surface area (Å²) >= 11 is 0. The van der Waals surface area contributed by atoms with Gasteiger partial charge in [0.15, 0.2) is 0 Å². The first-order valence-electron chi connectivity index (χ1n) is 9.87. The number of piperidine rings is 1. The molecule has 2 unspecified atom stereocenters. The van der Waals surface area contributed by atoms with Crippen molar-refractivity contribution in [2.75, 3.05) is 31.1 Å². The molecule has 1 aliphatic carbocycles. The van der Waals surface area contributed by atoms with E-state index in [0.717, 1.165) is 70.5 Å². The summed E-state index contributed by atoms with van der Waals surface area (Å²) in [6, 6.07) is 6.29. The third-order valence-electron chi connectivity index (χ3n) is 5.82. The number of nitrogens with zero attached hydrogens (tertiary/aromatic N) is 3. The number of amides is 1. The smallest absolute Gasteiger partial charge is 0.225 e. The van der Waals surface area contributed by atoms with Gasteiger partial charge in [-0.2, -0.15) is 0 Å². The van der Waals surface area contributed by atoms with Crippen molar-refractivity contribution in [3.05, 3.63) is 24.4 Å². The van der Waals surface area contributed by atoms with Crippen molar-refractivity contribution in [1.82, 2.24) is 9.88 Å². The van der Waals surface area contributed by atoms with Crippen LogP contribution >= 0.6 is 0 Å². The first kappa shape index (κ1) is 18.2. The van der Waals surface area contributed by atoms with E-state index in [2.05, 4.69) is 27.8 Å². The number of aromatic nitrogens is 1. The van der Waals surface area contributed by atoms with Crippen LogP contribution in [0.2, 0.25) is 0 Å². The molecule has 1 amide bonds. The van der Waals surface area contributed by atoms with Crippen molar-refractivity contribution < 1.29 is 4.79 Å². The standard InChI is InChI=1S/C20H32N4O/c1-2-23(20(25)17-6-5-7-18(21)14-17)15-16-9-12-24(13-10-16)19-8-3-4-11-22-19/h3-4,8,11,16-18H,2,5-7,9-10,12-15,21H2,1H3. The van der Waals surface area contributed by atoms with Crippen molar-refractivity contribution >= 4 is 11.7 Å². The third kappa shape index (κ3) is 4.72. The van der Waals surface area contributed by atoms with Crippen LogP contribution in [-0.4, -0.2) is 48.0 Å². The highest BCUT2D eigenvalue weighted by Gasteiger charge is 2.30. The van der Waals surface area contributed by atoms with Gasteiger partial charge >= 0.3 is 0 Å². The van der Waals surface area contributed by atoms with Crippen LogP contribution in [-0.2, 0) is 4.79 Å². The van der Waals surface area contributed by atoms with Crippen molar-refractivity contribution in [3.8, 4) is 0 Å². The lowest BCUT2D eigenvalue weighted by Crippen LogP contribution is -2.44. The molecule has 1 aromatic rings. The normalized spacial score (nSPS) is 25.0. The minimum absolute atomic E-state index is 0.150. The fourth-order valence-corrected chi connectivity index (χ4v) is 4.28. The number of rotatable bonds is 5. The quantitative estimate of drug-likeness (QED) is 0.892. The van der Waals surface area contributed by atoms with Gasteiger partial charge in [-0.15, -0.1) is 0 Å². The Morgan fingerprint density at radius 3 is 2.72 bits per heavy atom. The van der Waals surface area contributed by atoms with Crippen LogP contribution in [0.4, 0.5) is 5.82 Å². The highest BCUT2D eigenvalue weighted by Crippen LogP contribution is 2.27. The van der Waals surface area contributed by atoms with Crippen LogP contribution in [0.15, 0.2) is 24.4 Å². The zero-order valence-electron chi connectivity index (χ0n) is 15.4. The van der Waals surface area contributed by atoms with Crippen LogP contribution in [0.3, 0.4) is 0 Å². The van der Waals surface area contributed by atoms with Gasteiger partial charge in [0, 0.05) is 44.3 Å². The van der Waals surface area contributed by atoms with Gasteiger partial charge in [-0.25, -0.2) is 4.98 Å². The Kier molecular flexibility index (Phi) is 6.29. The topological polar surface area (TPSA) is 62.5 Å². The van der Waals surface area contributed by atoms with E-state index in [1.807, 2.05) is 18.3 Å². The lowest BCUT2D eigenvalue weighted by Gasteiger charge is -2.37. The number of nitrogens with two attached hydrogens (primary N) is 1. The summed E-state index contributed by atoms with van der Waals surface area (Å²) in [6.07, 6.45) is 8.16. The number of anilines is 1. The maximum absolute atomic E-state index is 12.9. The van der Waals surface area contributed by atoms with Gasteiger partial charge in [0.05, 0.1) is 0 Å². The Morgan fingerprint density at radius 1 is 1.28 bits per heavy atom. The van der Waals surface area contributed by atoms with Gasteiger partial charge in [0.2, 0.25) is 5.91 Å². The van der Waals surface area contributed by atoms with Crippen LogP contribution < -0.4 is 10.6 Å². The van der Waals surface area contributed by atoms with Gasteiger partial charge in [-0.1, -0.05) is 12.5 Å². The highest BCUT2D eigenvalue weighted by molar-refractivity contribution is 5.79. The molecule has 3 rings (SSSR count). The first-order chi connectivity index (χ1) is 12.2. The van der Waals surface area contributed by atoms with Crippen molar-refractivity contribution in [2.24, 2.45) is 17.6 Å². The van der Waals surface area contributed by atoms with E-state index < -0.39 is 0 Å². The van der Waals surface area contributed by atoms with Crippen molar-refractivity contribution in [2.45, 2.75) is 51.5 Å². The Balaban J connectivity index is 1.50. The molecule has 1 saturated carbocycles. The molecule has 2 heterocycles. The molecule has 0 radical (unpaired) electrons. The summed E-state index contributed by atoms with van der Waals surface area (Å²) in [5.74, 6) is 2.16. The molecular formula is C20H32N4O. The molecule has 0 aromatic carbocycles. The number of carbonyl (C=O) groups is 1. The summed E-state index contributed by atoms with van der Waals surface area (Å²) in [6.45, 7) is 5.87. The molecule has 5 heteroatoms. The molecule has 25 heavy (non-hydrogen) atoms. The monoisotopic (exact) mass is 344 g/mol. The van der Waals surface area contributed by atoms with E-state index in [0.29, 0.717) is 11.8 Å². The lowest BCUT2D eigenvalue weighted by atomic mass is 9.85. The molecule has 2 aliphatic rings. The molecule has 2 fully saturated rings. The number of hydrogen-bond acceptors (Lipinski definition) is 4. The van der Waals surface area contributed by atoms with Crippen LogP contribution in [0.1, 0.15) is 45.4 Å². The summed E-state index contributed by atoms with van der Waals surface area (Å²) in [5, 5.41) is 0. The molecule has 1 aromatic heterocycles. The molecular weight excluding hydrogens is 312 g/mol. The van der Waals surface area contributed by atoms with E-state index in [4.69, 9.17) is 5.73 Å². The second-order valence-electron chi connectivity index (χ2n) is 7.62. The highest BCUT2D eigenvalue weighted by atomic mass is 16.2. The predicted octanol–water partition coefficient (Wildman–Crippen LogP) is 2.66. The molecule has 5 nitrogen and oxygen atoms in total. The fraction of sp³-hybridized carbons (Fsp3) is 0.700. The number of hydrogen-bond donors (Lipinski definition) is 1. The average Bonchev–Trinajstić information content (AvgIpc) is 2.67. The summed E-state index contributed by atoms with van der Waals surface area (Å²) in [4.78, 5) is 21.8. The molecule has 0 bridgehead atoms. The van der Waals surface area contributed by atoms with E-state index in [9.17, 15) is 4.79 Å². The van der Waals surface area contributed by atoms with Crippen LogP contribution in [0.5, 0.6) is 0 Å². The van der Waals surface area contributed by atoms with Crippen molar-refractivity contribution in [1.29, 1.82) is 0 Å². The summed E-state index contributed by atoms with van der Waals surface area (Å²) in [7, 11) is 0. The number of pyridine rings is 1. The molecule has 1 saturated heterocycles. The van der Waals surface area contributed by atoms with Gasteiger partial charge in [-0.3, -0.25) is 4.79 Å². The second-order valence-corrected chi connectivity index (χ2v) is 7.62. The first-order valence-corrected chi connectivity index (χ1v) is 9.87. The molecule has 138 valence electrons. The van der Waals surface area contributed by atoms with Gasteiger partial charge in [-0.05, 0) is 57.1 Å². The maximum Gasteiger partial charge on any atom is 0.225 e. The van der Waals surface area contributed by atoms with Gasteiger partial charge in [0.1, 0.15) is 5.82 Å². The van der Waals surface area contributed by atoms with E-state index in [-0.39, 0.29) is 12.0 Å². The zero-order chi connectivity index (χ0) is 17.6. The third-order valence-corrected chi connectivity index (χ3v) is 5.82. The Bertz CT molecular complexity index is 542. The van der Waals surface area contributed by atoms with Crippen LogP contribution in [0.25, 0.3) is 0 Å². The fourth-order valence-electron chi connectivity index (χ4n) is 4.28. The largest absolute Gasteiger partial charge is 0.357 e. The Labute approximate surface area is 151 Å². The second kappa shape index (κ2) is 8.65. The number of carbonyl (C=O) groups excluding carboxylic acids is 1. The Hall–Kier alpha value is -1.62. The van der Waals surface area contributed by atoms with E-state index in [1.165, 1.54) is 0 Å². The Morgan fingerprint density at radius 2 is 2.08 bits per heavy atom. The summed E-state index contributed by atoms with van der Waals surface area (Å²) in [5.41, 5.74) is 6.08. The van der Waals surface area contributed by atoms with Crippen LogP contribution in [0, 0.1) is 11.8 Å². The molecule has 0 spiro atoms. The van der Waals surface area contributed by atoms with Gasteiger partial charge < -0.3 is 15.5 Å². The SMILES string of the molecule is CCN(CC1CCN(c2ccccn2)CC1)C(=O)C1CCCC(N)C1. The zero-order valence-corrected chi connectivity index (χ0v) is 15.4. The predicted molar refractivity (Wildman–Crippen MR) is 101 cm³/mol. The van der Waals surface area contributed by atoms with E-state index in [1.54, 1.807) is 0 Å².